The van der Waals surface area contributed by atoms with Crippen molar-refractivity contribution in [2.75, 3.05) is 45.8 Å². The van der Waals surface area contributed by atoms with E-state index in [-0.39, 0.29) is 0 Å². The first kappa shape index (κ1) is 17.9. The normalized spacial score (nSPS) is 23.4. The molecule has 3 nitrogen and oxygen atoms in total. The second-order valence-corrected chi connectivity index (χ2v) is 6.74. The Kier molecular flexibility index (Phi) is 8.08. The molecule has 0 radical (unpaired) electrons. The Labute approximate surface area is 127 Å². The van der Waals surface area contributed by atoms with E-state index in [9.17, 15) is 0 Å². The van der Waals surface area contributed by atoms with Gasteiger partial charge in [-0.25, -0.2) is 0 Å². The molecule has 0 saturated carbocycles. The van der Waals surface area contributed by atoms with Gasteiger partial charge >= 0.3 is 0 Å². The summed E-state index contributed by atoms with van der Waals surface area (Å²) in [6.07, 6.45) is 3.84. The standard InChI is InChI=1S/C17H37N3/c1-6-11-18-14-17(5,7-2)15-19-12-10-16(13-19)20(8-3)9-4/h16,18H,6-15H2,1-5H3. The Morgan fingerprint density at radius 1 is 1.20 bits per heavy atom. The first-order valence-electron chi connectivity index (χ1n) is 8.75. The molecular weight excluding hydrogens is 246 g/mol. The molecule has 0 bridgehead atoms. The largest absolute Gasteiger partial charge is 0.316 e. The fourth-order valence-corrected chi connectivity index (χ4v) is 3.39. The Morgan fingerprint density at radius 3 is 2.45 bits per heavy atom. The van der Waals surface area contributed by atoms with Gasteiger partial charge in [0.15, 0.2) is 0 Å². The highest BCUT2D eigenvalue weighted by atomic mass is 15.3. The van der Waals surface area contributed by atoms with Gasteiger partial charge in [0.05, 0.1) is 0 Å². The van der Waals surface area contributed by atoms with Crippen LogP contribution < -0.4 is 5.32 Å². The first-order chi connectivity index (χ1) is 9.58. The zero-order chi connectivity index (χ0) is 15.0. The van der Waals surface area contributed by atoms with Gasteiger partial charge in [-0.1, -0.05) is 34.6 Å². The van der Waals surface area contributed by atoms with E-state index in [1.54, 1.807) is 0 Å². The lowest BCUT2D eigenvalue weighted by molar-refractivity contribution is 0.160. The molecular formula is C17H37N3. The third-order valence-corrected chi connectivity index (χ3v) is 5.01. The number of hydrogen-bond donors (Lipinski definition) is 1. The van der Waals surface area contributed by atoms with E-state index in [1.807, 2.05) is 0 Å². The van der Waals surface area contributed by atoms with E-state index in [4.69, 9.17) is 0 Å². The smallest absolute Gasteiger partial charge is 0.0235 e. The Hall–Kier alpha value is -0.120. The fourth-order valence-electron chi connectivity index (χ4n) is 3.39. The highest BCUT2D eigenvalue weighted by Crippen LogP contribution is 2.25. The van der Waals surface area contributed by atoms with Crippen LogP contribution in [0, 0.1) is 5.41 Å². The van der Waals surface area contributed by atoms with Crippen LogP contribution in [0.5, 0.6) is 0 Å². The second-order valence-electron chi connectivity index (χ2n) is 6.74. The number of rotatable bonds is 10. The maximum absolute atomic E-state index is 3.62. The molecule has 1 aliphatic rings. The summed E-state index contributed by atoms with van der Waals surface area (Å²) in [5.41, 5.74) is 0.424. The summed E-state index contributed by atoms with van der Waals surface area (Å²) in [6.45, 7) is 20.1. The lowest BCUT2D eigenvalue weighted by atomic mass is 9.86. The van der Waals surface area contributed by atoms with Crippen LogP contribution in [0.1, 0.15) is 53.9 Å². The van der Waals surface area contributed by atoms with E-state index in [2.05, 4.69) is 49.7 Å². The molecule has 1 N–H and O–H groups in total. The lowest BCUT2D eigenvalue weighted by Gasteiger charge is -2.34. The number of nitrogens with zero attached hydrogens (tertiary/aromatic N) is 2. The van der Waals surface area contributed by atoms with Gasteiger partial charge in [0.1, 0.15) is 0 Å². The molecule has 1 aliphatic heterocycles. The minimum Gasteiger partial charge on any atom is -0.316 e. The SMILES string of the molecule is CCCNCC(C)(CC)CN1CCC(N(CC)CC)C1. The van der Waals surface area contributed by atoms with E-state index in [1.165, 1.54) is 52.0 Å². The van der Waals surface area contributed by atoms with Crippen molar-refractivity contribution >= 4 is 0 Å². The summed E-state index contributed by atoms with van der Waals surface area (Å²) >= 11 is 0. The van der Waals surface area contributed by atoms with Gasteiger partial charge in [-0.15, -0.1) is 0 Å². The molecule has 0 aromatic heterocycles. The van der Waals surface area contributed by atoms with Gasteiger partial charge in [-0.2, -0.15) is 0 Å². The zero-order valence-corrected chi connectivity index (χ0v) is 14.5. The molecule has 0 amide bonds. The van der Waals surface area contributed by atoms with Gasteiger partial charge in [0.25, 0.3) is 0 Å². The lowest BCUT2D eigenvalue weighted by Crippen LogP contribution is -2.43. The van der Waals surface area contributed by atoms with Crippen molar-refractivity contribution in [3.8, 4) is 0 Å². The number of likely N-dealkylation sites (N-methyl/N-ethyl adjacent to an activating group) is 1. The summed E-state index contributed by atoms with van der Waals surface area (Å²) in [5, 5.41) is 3.62. The minimum atomic E-state index is 0.424. The van der Waals surface area contributed by atoms with Crippen molar-refractivity contribution in [2.45, 2.75) is 59.9 Å². The van der Waals surface area contributed by atoms with Crippen molar-refractivity contribution in [2.24, 2.45) is 5.41 Å². The predicted octanol–water partition coefficient (Wildman–Crippen LogP) is 2.82. The van der Waals surface area contributed by atoms with Crippen molar-refractivity contribution in [1.82, 2.24) is 15.1 Å². The van der Waals surface area contributed by atoms with Gasteiger partial charge in [-0.05, 0) is 50.9 Å². The van der Waals surface area contributed by atoms with Crippen LogP contribution >= 0.6 is 0 Å². The maximum atomic E-state index is 3.62. The van der Waals surface area contributed by atoms with E-state index >= 15 is 0 Å². The topological polar surface area (TPSA) is 18.5 Å². The first-order valence-corrected chi connectivity index (χ1v) is 8.75. The molecule has 0 aromatic rings. The Bertz CT molecular complexity index is 253. The highest BCUT2D eigenvalue weighted by molar-refractivity contribution is 4.87. The van der Waals surface area contributed by atoms with Crippen molar-refractivity contribution < 1.29 is 0 Å². The van der Waals surface area contributed by atoms with Gasteiger partial charge in [-0.3, -0.25) is 4.90 Å². The number of likely N-dealkylation sites (tertiary alicyclic amines) is 1. The molecule has 1 rings (SSSR count). The average Bonchev–Trinajstić information content (AvgIpc) is 2.88. The van der Waals surface area contributed by atoms with Crippen LogP contribution in [0.15, 0.2) is 0 Å². The minimum absolute atomic E-state index is 0.424. The zero-order valence-electron chi connectivity index (χ0n) is 14.5. The van der Waals surface area contributed by atoms with Crippen LogP contribution in [-0.4, -0.2) is 61.7 Å². The summed E-state index contributed by atoms with van der Waals surface area (Å²) in [6, 6.07) is 0.787. The van der Waals surface area contributed by atoms with Crippen LogP contribution in [0.4, 0.5) is 0 Å². The van der Waals surface area contributed by atoms with E-state index < -0.39 is 0 Å². The molecule has 1 fully saturated rings. The molecule has 2 unspecified atom stereocenters. The van der Waals surface area contributed by atoms with Crippen molar-refractivity contribution in [3.05, 3.63) is 0 Å². The Morgan fingerprint density at radius 2 is 1.90 bits per heavy atom. The summed E-state index contributed by atoms with van der Waals surface area (Å²) < 4.78 is 0. The maximum Gasteiger partial charge on any atom is 0.0235 e. The molecule has 0 aliphatic carbocycles. The van der Waals surface area contributed by atoms with E-state index in [0.29, 0.717) is 5.41 Å². The third kappa shape index (κ3) is 5.34. The molecule has 2 atom stereocenters. The average molecular weight is 284 g/mol. The van der Waals surface area contributed by atoms with Crippen LogP contribution in [0.2, 0.25) is 0 Å². The van der Waals surface area contributed by atoms with Gasteiger partial charge < -0.3 is 10.2 Å². The van der Waals surface area contributed by atoms with Gasteiger partial charge in [0, 0.05) is 25.7 Å². The van der Waals surface area contributed by atoms with E-state index in [0.717, 1.165) is 19.1 Å². The quantitative estimate of drug-likeness (QED) is 0.622. The van der Waals surface area contributed by atoms with Gasteiger partial charge in [0.2, 0.25) is 0 Å². The van der Waals surface area contributed by atoms with Crippen LogP contribution in [-0.2, 0) is 0 Å². The van der Waals surface area contributed by atoms with Crippen molar-refractivity contribution in [1.29, 1.82) is 0 Å². The summed E-state index contributed by atoms with van der Waals surface area (Å²) in [5.74, 6) is 0. The van der Waals surface area contributed by atoms with Crippen LogP contribution in [0.3, 0.4) is 0 Å². The molecule has 0 spiro atoms. The molecule has 3 heteroatoms. The molecule has 1 saturated heterocycles. The predicted molar refractivity (Wildman–Crippen MR) is 89.3 cm³/mol. The molecule has 20 heavy (non-hydrogen) atoms. The summed E-state index contributed by atoms with van der Waals surface area (Å²) in [7, 11) is 0. The monoisotopic (exact) mass is 283 g/mol. The summed E-state index contributed by atoms with van der Waals surface area (Å²) in [4.78, 5) is 5.32. The number of hydrogen-bond acceptors (Lipinski definition) is 3. The second kappa shape index (κ2) is 9.01. The van der Waals surface area contributed by atoms with Crippen LogP contribution in [0.25, 0.3) is 0 Å². The fraction of sp³-hybridized carbons (Fsp3) is 1.00. The van der Waals surface area contributed by atoms with Crippen molar-refractivity contribution in [3.63, 3.8) is 0 Å². The Balaban J connectivity index is 2.43. The molecule has 0 aromatic carbocycles. The molecule has 1 heterocycles. The highest BCUT2D eigenvalue weighted by Gasteiger charge is 2.31. The third-order valence-electron chi connectivity index (χ3n) is 5.01. The number of nitrogens with one attached hydrogen (secondary N) is 1. The molecule has 120 valence electrons.